The average Bonchev–Trinajstić information content (AvgIpc) is 3.07. The summed E-state index contributed by atoms with van der Waals surface area (Å²) in [7, 11) is -1.52. The van der Waals surface area contributed by atoms with Crippen molar-refractivity contribution in [1.29, 1.82) is 0 Å². The second-order valence-corrected chi connectivity index (χ2v) is 7.31. The van der Waals surface area contributed by atoms with Gasteiger partial charge in [-0.25, -0.2) is 21.9 Å². The van der Waals surface area contributed by atoms with Gasteiger partial charge in [0.05, 0.1) is 20.4 Å². The van der Waals surface area contributed by atoms with Gasteiger partial charge in [0.1, 0.15) is 17.3 Å². The van der Waals surface area contributed by atoms with Crippen molar-refractivity contribution in [3.63, 3.8) is 0 Å². The molecule has 0 saturated carbocycles. The number of nitrogens with one attached hydrogen (secondary N) is 1. The van der Waals surface area contributed by atoms with Crippen LogP contribution in [0, 0.1) is 6.92 Å². The summed E-state index contributed by atoms with van der Waals surface area (Å²) in [5.41, 5.74) is 0.459. The third-order valence-corrected chi connectivity index (χ3v) is 5.25. The van der Waals surface area contributed by atoms with Gasteiger partial charge in [0.15, 0.2) is 5.75 Å². The molecule has 1 N–H and O–H groups in total. The standard InChI is InChI=1S/C16H17F2N5O5S/c1-9-5-4-6-10(28-8-12(17)18)13(9)29(24,25)22-15-20-14-11(26-2)7-19-16(27-3)23(14)21-15/h4-7,12H,8H2,1-3H3,(H,21,22). The molecule has 0 amide bonds. The van der Waals surface area contributed by atoms with E-state index in [0.717, 1.165) is 4.52 Å². The molecule has 2 aromatic heterocycles. The third kappa shape index (κ3) is 4.13. The highest BCUT2D eigenvalue weighted by molar-refractivity contribution is 7.92. The van der Waals surface area contributed by atoms with Gasteiger partial charge in [-0.1, -0.05) is 12.1 Å². The summed E-state index contributed by atoms with van der Waals surface area (Å²) in [6, 6.07) is 4.35. The Kier molecular flexibility index (Phi) is 5.68. The second-order valence-electron chi connectivity index (χ2n) is 5.69. The molecule has 0 aliphatic carbocycles. The van der Waals surface area contributed by atoms with Gasteiger partial charge in [0, 0.05) is 0 Å². The molecule has 2 heterocycles. The predicted molar refractivity (Wildman–Crippen MR) is 97.4 cm³/mol. The number of fused-ring (bicyclic) bond motifs is 1. The highest BCUT2D eigenvalue weighted by Gasteiger charge is 2.25. The molecule has 0 fully saturated rings. The normalized spacial score (nSPS) is 11.7. The van der Waals surface area contributed by atoms with E-state index in [9.17, 15) is 17.2 Å². The van der Waals surface area contributed by atoms with Crippen molar-refractivity contribution in [1.82, 2.24) is 19.6 Å². The number of rotatable bonds is 8. The first kappa shape index (κ1) is 20.5. The lowest BCUT2D eigenvalue weighted by molar-refractivity contribution is 0.0803. The molecule has 29 heavy (non-hydrogen) atoms. The van der Waals surface area contributed by atoms with Crippen LogP contribution < -0.4 is 18.9 Å². The van der Waals surface area contributed by atoms with Crippen LogP contribution in [0.5, 0.6) is 17.5 Å². The van der Waals surface area contributed by atoms with Crippen molar-refractivity contribution in [3.05, 3.63) is 30.0 Å². The summed E-state index contributed by atoms with van der Waals surface area (Å²) in [6.07, 6.45) is -1.41. The Hall–Kier alpha value is -3.22. The Morgan fingerprint density at radius 3 is 2.62 bits per heavy atom. The minimum Gasteiger partial charge on any atom is -0.491 e. The topological polar surface area (TPSA) is 117 Å². The Bertz CT molecular complexity index is 1100. The van der Waals surface area contributed by atoms with Crippen LogP contribution in [0.4, 0.5) is 14.7 Å². The molecule has 0 unspecified atom stereocenters. The number of hydrogen-bond acceptors (Lipinski definition) is 8. The van der Waals surface area contributed by atoms with Crippen molar-refractivity contribution < 1.29 is 31.4 Å². The fourth-order valence-corrected chi connectivity index (χ4v) is 3.88. The number of sulfonamides is 1. The number of hydrogen-bond donors (Lipinski definition) is 1. The van der Waals surface area contributed by atoms with Crippen LogP contribution in [0.25, 0.3) is 5.65 Å². The number of methoxy groups -OCH3 is 2. The number of aromatic nitrogens is 4. The summed E-state index contributed by atoms with van der Waals surface area (Å²) in [4.78, 5) is 7.78. The van der Waals surface area contributed by atoms with Gasteiger partial charge in [0.25, 0.3) is 22.4 Å². The Labute approximate surface area is 164 Å². The van der Waals surface area contributed by atoms with E-state index in [1.807, 2.05) is 0 Å². The number of anilines is 1. The second kappa shape index (κ2) is 8.03. The maximum atomic E-state index is 12.9. The van der Waals surface area contributed by atoms with Gasteiger partial charge < -0.3 is 14.2 Å². The number of nitrogens with zero attached hydrogens (tertiary/aromatic N) is 4. The maximum absolute atomic E-state index is 12.9. The van der Waals surface area contributed by atoms with Crippen LogP contribution in [0.15, 0.2) is 29.3 Å². The van der Waals surface area contributed by atoms with Crippen molar-refractivity contribution in [2.24, 2.45) is 0 Å². The maximum Gasteiger partial charge on any atom is 0.319 e. The van der Waals surface area contributed by atoms with Gasteiger partial charge in [-0.15, -0.1) is 5.10 Å². The fourth-order valence-electron chi connectivity index (χ4n) is 2.57. The van der Waals surface area contributed by atoms with Crippen molar-refractivity contribution in [3.8, 4) is 17.5 Å². The molecule has 0 atom stereocenters. The molecule has 0 aliphatic rings. The summed E-state index contributed by atoms with van der Waals surface area (Å²) in [5.74, 6) is -0.267. The summed E-state index contributed by atoms with van der Waals surface area (Å²) in [5, 5.41) is 4.02. The lowest BCUT2D eigenvalue weighted by atomic mass is 10.2. The molecule has 0 aliphatic heterocycles. The first-order chi connectivity index (χ1) is 13.8. The molecule has 3 rings (SSSR count). The van der Waals surface area contributed by atoms with Crippen LogP contribution in [0.1, 0.15) is 5.56 Å². The number of alkyl halides is 2. The largest absolute Gasteiger partial charge is 0.491 e. The molecule has 0 spiro atoms. The van der Waals surface area contributed by atoms with E-state index in [2.05, 4.69) is 19.8 Å². The number of benzene rings is 1. The van der Waals surface area contributed by atoms with Crippen LogP contribution in [0.2, 0.25) is 0 Å². The van der Waals surface area contributed by atoms with Crippen LogP contribution in [0.3, 0.4) is 0 Å². The Morgan fingerprint density at radius 2 is 1.97 bits per heavy atom. The van der Waals surface area contributed by atoms with Gasteiger partial charge in [0.2, 0.25) is 5.65 Å². The van der Waals surface area contributed by atoms with E-state index in [1.165, 1.54) is 45.5 Å². The monoisotopic (exact) mass is 429 g/mol. The number of ether oxygens (including phenoxy) is 3. The molecule has 0 radical (unpaired) electrons. The zero-order chi connectivity index (χ0) is 21.2. The van der Waals surface area contributed by atoms with E-state index in [1.54, 1.807) is 0 Å². The zero-order valence-electron chi connectivity index (χ0n) is 15.6. The van der Waals surface area contributed by atoms with Crippen LogP contribution in [-0.2, 0) is 10.0 Å². The number of aryl methyl sites for hydroxylation is 1. The fraction of sp³-hybridized carbons (Fsp3) is 0.312. The molecule has 1 aromatic carbocycles. The highest BCUT2D eigenvalue weighted by Crippen LogP contribution is 2.30. The quantitative estimate of drug-likeness (QED) is 0.577. The summed E-state index contributed by atoms with van der Waals surface area (Å²) >= 11 is 0. The first-order valence-electron chi connectivity index (χ1n) is 8.14. The molecular formula is C16H17F2N5O5S. The molecule has 10 nitrogen and oxygen atoms in total. The van der Waals surface area contributed by atoms with Gasteiger partial charge in [-0.05, 0) is 18.6 Å². The molecule has 156 valence electrons. The molecular weight excluding hydrogens is 412 g/mol. The van der Waals surface area contributed by atoms with Crippen LogP contribution >= 0.6 is 0 Å². The first-order valence-corrected chi connectivity index (χ1v) is 9.62. The van der Waals surface area contributed by atoms with Gasteiger partial charge in [-0.3, -0.25) is 0 Å². The van der Waals surface area contributed by atoms with Crippen LogP contribution in [-0.4, -0.2) is 55.3 Å². The van der Waals surface area contributed by atoms with Crippen molar-refractivity contribution in [2.45, 2.75) is 18.2 Å². The van der Waals surface area contributed by atoms with Gasteiger partial charge >= 0.3 is 6.01 Å². The average molecular weight is 429 g/mol. The summed E-state index contributed by atoms with van der Waals surface area (Å²) in [6.45, 7) is 0.565. The zero-order valence-corrected chi connectivity index (χ0v) is 16.4. The lowest BCUT2D eigenvalue weighted by Crippen LogP contribution is -2.18. The van der Waals surface area contributed by atoms with Gasteiger partial charge in [-0.2, -0.15) is 14.5 Å². The lowest BCUT2D eigenvalue weighted by Gasteiger charge is -2.14. The minimum atomic E-state index is -4.27. The minimum absolute atomic E-state index is 0.0515. The Balaban J connectivity index is 2.02. The SMILES string of the molecule is COc1cnc(OC)n2nc(NS(=O)(=O)c3c(C)cccc3OCC(F)F)nc12. The van der Waals surface area contributed by atoms with E-state index < -0.39 is 23.1 Å². The predicted octanol–water partition coefficient (Wildman–Crippen LogP) is 1.89. The van der Waals surface area contributed by atoms with E-state index in [4.69, 9.17) is 14.2 Å². The molecule has 0 bridgehead atoms. The van der Waals surface area contributed by atoms with Crippen molar-refractivity contribution >= 4 is 21.6 Å². The van der Waals surface area contributed by atoms with E-state index >= 15 is 0 Å². The molecule has 0 saturated heterocycles. The molecule has 3 aromatic rings. The smallest absolute Gasteiger partial charge is 0.319 e. The third-order valence-electron chi connectivity index (χ3n) is 3.74. The highest BCUT2D eigenvalue weighted by atomic mass is 32.2. The Morgan fingerprint density at radius 1 is 1.21 bits per heavy atom. The number of halogens is 2. The van der Waals surface area contributed by atoms with Crippen molar-refractivity contribution in [2.75, 3.05) is 25.5 Å². The molecule has 13 heteroatoms. The summed E-state index contributed by atoms with van der Waals surface area (Å²) < 4.78 is 69.4. The van der Waals surface area contributed by atoms with E-state index in [0.29, 0.717) is 5.56 Å². The van der Waals surface area contributed by atoms with E-state index in [-0.39, 0.29) is 34.0 Å².